The molecule has 192 valence electrons. The Hall–Kier alpha value is -3.53. The fourth-order valence-corrected chi connectivity index (χ4v) is 3.83. The van der Waals surface area contributed by atoms with Crippen molar-refractivity contribution in [2.24, 2.45) is 0 Å². The second kappa shape index (κ2) is 13.0. The van der Waals surface area contributed by atoms with Gasteiger partial charge in [-0.3, -0.25) is 4.79 Å². The summed E-state index contributed by atoms with van der Waals surface area (Å²) in [6, 6.07) is 15.2. The van der Waals surface area contributed by atoms with Crippen molar-refractivity contribution in [3.05, 3.63) is 83.1 Å². The van der Waals surface area contributed by atoms with E-state index < -0.39 is 30.8 Å². The van der Waals surface area contributed by atoms with E-state index in [9.17, 15) is 22.4 Å². The van der Waals surface area contributed by atoms with Crippen molar-refractivity contribution >= 4 is 23.2 Å². The highest BCUT2D eigenvalue weighted by atomic mass is 35.5. The van der Waals surface area contributed by atoms with E-state index in [1.54, 1.807) is 47.5 Å². The number of rotatable bonds is 12. The van der Waals surface area contributed by atoms with Gasteiger partial charge in [-0.25, -0.2) is 4.98 Å². The Morgan fingerprint density at radius 2 is 1.69 bits per heavy atom. The number of nitrogens with zero attached hydrogens (tertiary/aromatic N) is 2. The highest BCUT2D eigenvalue weighted by Crippen LogP contribution is 2.37. The fourth-order valence-electron chi connectivity index (χ4n) is 3.72. The maximum absolute atomic E-state index is 13.0. The van der Waals surface area contributed by atoms with Crippen LogP contribution >= 0.6 is 11.6 Å². The fraction of sp³-hybridized carbons (Fsp3) is 0.280. The Labute approximate surface area is 210 Å². The highest BCUT2D eigenvalue weighted by molar-refractivity contribution is 6.29. The first kappa shape index (κ1) is 27.1. The Bertz CT molecular complexity index is 1120. The Balaban J connectivity index is 2.00. The molecule has 1 aromatic heterocycles. The monoisotopic (exact) mass is 525 g/mol. The lowest BCUT2D eigenvalue weighted by molar-refractivity contribution is -0.122. The van der Waals surface area contributed by atoms with Gasteiger partial charge in [-0.05, 0) is 42.2 Å². The van der Waals surface area contributed by atoms with Gasteiger partial charge in [0, 0.05) is 31.5 Å². The number of ether oxygens (including phenoxy) is 2. The number of amides is 1. The molecule has 0 fully saturated rings. The molecule has 0 radical (unpaired) electrons. The number of carbonyl (C=O) groups is 1. The van der Waals surface area contributed by atoms with Crippen LogP contribution in [0.25, 0.3) is 0 Å². The van der Waals surface area contributed by atoms with Crippen LogP contribution in [-0.2, 0) is 11.2 Å². The molecular weight excluding hydrogens is 502 g/mol. The number of halogens is 5. The summed E-state index contributed by atoms with van der Waals surface area (Å²) in [4.78, 5) is 18.8. The molecule has 1 amide bonds. The van der Waals surface area contributed by atoms with Crippen LogP contribution in [-0.4, -0.2) is 37.7 Å². The molecule has 3 rings (SSSR count). The number of carbonyl (C=O) groups excluding carboxylic acids is 1. The highest BCUT2D eigenvalue weighted by Gasteiger charge is 2.28. The van der Waals surface area contributed by atoms with Crippen molar-refractivity contribution in [3.63, 3.8) is 0 Å². The minimum absolute atomic E-state index is 0.304. The number of alkyl halides is 4. The van der Waals surface area contributed by atoms with Gasteiger partial charge in [0.2, 0.25) is 5.91 Å². The summed E-state index contributed by atoms with van der Waals surface area (Å²) in [6.45, 7) is -6.20. The number of nitrogens with one attached hydrogen (secondary N) is 1. The lowest BCUT2D eigenvalue weighted by atomic mass is 10.0. The van der Waals surface area contributed by atoms with E-state index >= 15 is 0 Å². The topological polar surface area (TPSA) is 63.7 Å². The lowest BCUT2D eigenvalue weighted by Gasteiger charge is -2.33. The number of anilines is 1. The molecule has 1 heterocycles. The number of hydrogen-bond donors (Lipinski definition) is 1. The molecule has 0 aliphatic heterocycles. The third kappa shape index (κ3) is 7.48. The van der Waals surface area contributed by atoms with Gasteiger partial charge in [0.1, 0.15) is 11.2 Å². The van der Waals surface area contributed by atoms with Crippen molar-refractivity contribution in [1.29, 1.82) is 0 Å². The van der Waals surface area contributed by atoms with Crippen LogP contribution in [0.15, 0.2) is 66.9 Å². The number of likely N-dealkylation sites (N-methyl/N-ethyl adjacent to an activating group) is 1. The maximum atomic E-state index is 13.0. The molecule has 0 aliphatic rings. The lowest BCUT2D eigenvalue weighted by Crippen LogP contribution is -2.40. The van der Waals surface area contributed by atoms with Gasteiger partial charge in [0.05, 0.1) is 0 Å². The van der Waals surface area contributed by atoms with E-state index in [0.717, 1.165) is 17.7 Å². The van der Waals surface area contributed by atoms with E-state index in [0.29, 0.717) is 35.8 Å². The predicted octanol–water partition coefficient (Wildman–Crippen LogP) is 5.86. The van der Waals surface area contributed by atoms with Crippen molar-refractivity contribution in [2.45, 2.75) is 32.1 Å². The molecule has 6 nitrogen and oxygen atoms in total. The van der Waals surface area contributed by atoms with Crippen LogP contribution in [0.2, 0.25) is 5.15 Å². The van der Waals surface area contributed by atoms with Gasteiger partial charge < -0.3 is 19.7 Å². The SMILES string of the molecule is CNC(=O)[C@H](c1ccccc1)N(CCCc1ccc(Cl)nc1)c1ccc(OC(F)F)c(OC(F)F)c1. The zero-order valence-electron chi connectivity index (χ0n) is 19.2. The quantitative estimate of drug-likeness (QED) is 0.237. The third-order valence-corrected chi connectivity index (χ3v) is 5.49. The van der Waals surface area contributed by atoms with E-state index in [-0.39, 0.29) is 5.91 Å². The molecule has 3 aromatic rings. The Morgan fingerprint density at radius 3 is 2.31 bits per heavy atom. The second-order valence-corrected chi connectivity index (χ2v) is 7.99. The predicted molar refractivity (Wildman–Crippen MR) is 128 cm³/mol. The van der Waals surface area contributed by atoms with E-state index in [1.165, 1.54) is 13.1 Å². The molecule has 1 atom stereocenters. The van der Waals surface area contributed by atoms with Gasteiger partial charge in [0.25, 0.3) is 0 Å². The molecule has 0 aliphatic carbocycles. The zero-order chi connectivity index (χ0) is 26.1. The number of aryl methyl sites for hydroxylation is 1. The molecule has 0 unspecified atom stereocenters. The Morgan fingerprint density at radius 1 is 1.00 bits per heavy atom. The van der Waals surface area contributed by atoms with Crippen molar-refractivity contribution in [1.82, 2.24) is 10.3 Å². The Kier molecular flexibility index (Phi) is 9.75. The molecular formula is C25H24ClF4N3O3. The number of hydrogen-bond acceptors (Lipinski definition) is 5. The minimum atomic E-state index is -3.27. The van der Waals surface area contributed by atoms with Gasteiger partial charge in [-0.1, -0.05) is 48.0 Å². The molecule has 0 saturated carbocycles. The maximum Gasteiger partial charge on any atom is 0.387 e. The van der Waals surface area contributed by atoms with E-state index in [4.69, 9.17) is 11.6 Å². The smallest absolute Gasteiger partial charge is 0.387 e. The summed E-state index contributed by atoms with van der Waals surface area (Å²) in [6.07, 6.45) is 2.78. The summed E-state index contributed by atoms with van der Waals surface area (Å²) in [5.41, 5.74) is 1.87. The second-order valence-electron chi connectivity index (χ2n) is 7.60. The standard InChI is InChI=1S/C25H24ClF4N3O3/c1-31-23(34)22(17-7-3-2-4-8-17)33(13-5-6-16-9-12-21(26)32-15-16)18-10-11-19(35-24(27)28)20(14-18)36-25(29)30/h2-4,7-12,14-15,22,24-25H,5-6,13H2,1H3,(H,31,34)/t22-/m0/s1. The normalized spacial score (nSPS) is 11.9. The van der Waals surface area contributed by atoms with E-state index in [1.807, 2.05) is 6.07 Å². The van der Waals surface area contributed by atoms with Gasteiger partial charge >= 0.3 is 13.2 Å². The minimum Gasteiger partial charge on any atom is -0.431 e. The molecule has 11 heteroatoms. The van der Waals surface area contributed by atoms with Crippen LogP contribution in [0.5, 0.6) is 11.5 Å². The first-order valence-electron chi connectivity index (χ1n) is 11.0. The molecule has 0 saturated heterocycles. The molecule has 2 aromatic carbocycles. The van der Waals surface area contributed by atoms with Gasteiger partial charge in [0.15, 0.2) is 11.5 Å². The van der Waals surface area contributed by atoms with Gasteiger partial charge in [-0.15, -0.1) is 0 Å². The molecule has 0 spiro atoms. The summed E-state index contributed by atoms with van der Waals surface area (Å²) < 4.78 is 60.5. The number of aromatic nitrogens is 1. The molecule has 0 bridgehead atoms. The average Bonchev–Trinajstić information content (AvgIpc) is 2.85. The zero-order valence-corrected chi connectivity index (χ0v) is 20.0. The van der Waals surface area contributed by atoms with Gasteiger partial charge in [-0.2, -0.15) is 17.6 Å². The molecule has 1 N–H and O–H groups in total. The van der Waals surface area contributed by atoms with Crippen molar-refractivity contribution < 1.29 is 31.8 Å². The van der Waals surface area contributed by atoms with Crippen LogP contribution < -0.4 is 19.7 Å². The summed E-state index contributed by atoms with van der Waals surface area (Å²) in [5.74, 6) is -1.46. The number of pyridine rings is 1. The number of benzene rings is 2. The first-order chi connectivity index (χ1) is 17.3. The summed E-state index contributed by atoms with van der Waals surface area (Å²) in [5, 5.41) is 2.99. The summed E-state index contributed by atoms with van der Waals surface area (Å²) >= 11 is 5.85. The van der Waals surface area contributed by atoms with Crippen LogP contribution in [0, 0.1) is 0 Å². The van der Waals surface area contributed by atoms with Crippen LogP contribution in [0.1, 0.15) is 23.6 Å². The van der Waals surface area contributed by atoms with Crippen molar-refractivity contribution in [3.8, 4) is 11.5 Å². The largest absolute Gasteiger partial charge is 0.431 e. The average molecular weight is 526 g/mol. The summed E-state index contributed by atoms with van der Waals surface area (Å²) in [7, 11) is 1.49. The van der Waals surface area contributed by atoms with E-state index in [2.05, 4.69) is 19.8 Å². The molecule has 36 heavy (non-hydrogen) atoms. The van der Waals surface area contributed by atoms with Crippen molar-refractivity contribution in [2.75, 3.05) is 18.5 Å². The third-order valence-electron chi connectivity index (χ3n) is 5.27. The van der Waals surface area contributed by atoms with Crippen LogP contribution in [0.4, 0.5) is 23.2 Å². The first-order valence-corrected chi connectivity index (χ1v) is 11.3. The van der Waals surface area contributed by atoms with Crippen LogP contribution in [0.3, 0.4) is 0 Å².